The quantitative estimate of drug-likeness (QED) is 0.829. The van der Waals surface area contributed by atoms with E-state index in [1.807, 2.05) is 12.1 Å². The molecule has 0 bridgehead atoms. The van der Waals surface area contributed by atoms with E-state index in [-0.39, 0.29) is 0 Å². The van der Waals surface area contributed by atoms with Crippen LogP contribution in [0.4, 0.5) is 5.69 Å². The Hall–Kier alpha value is -1.26. The van der Waals surface area contributed by atoms with Crippen LogP contribution in [0, 0.1) is 0 Å². The fourth-order valence-electron chi connectivity index (χ4n) is 2.40. The minimum atomic E-state index is 0.506. The molecular formula is C14H22N2O2. The zero-order valence-corrected chi connectivity index (χ0v) is 11.2. The fraction of sp³-hybridized carbons (Fsp3) is 0.571. The Balaban J connectivity index is 2.09. The van der Waals surface area contributed by atoms with Gasteiger partial charge in [0.15, 0.2) is 0 Å². The van der Waals surface area contributed by atoms with Crippen molar-refractivity contribution >= 4 is 5.69 Å². The molecule has 1 fully saturated rings. The van der Waals surface area contributed by atoms with Gasteiger partial charge in [-0.25, -0.2) is 0 Å². The van der Waals surface area contributed by atoms with Gasteiger partial charge in [0.05, 0.1) is 20.3 Å². The summed E-state index contributed by atoms with van der Waals surface area (Å²) in [6.45, 7) is 5.73. The Bertz CT molecular complexity index is 395. The number of nitrogen functional groups attached to an aromatic ring is 1. The maximum Gasteiger partial charge on any atom is 0.121 e. The molecule has 4 nitrogen and oxygen atoms in total. The van der Waals surface area contributed by atoms with Crippen molar-refractivity contribution in [2.45, 2.75) is 25.9 Å². The first kappa shape index (κ1) is 13.2. The molecule has 0 aliphatic carbocycles. The molecule has 4 heteroatoms. The average Bonchev–Trinajstić information content (AvgIpc) is 2.38. The number of benzene rings is 1. The van der Waals surface area contributed by atoms with E-state index in [1.54, 1.807) is 7.11 Å². The number of rotatable bonds is 4. The lowest BCUT2D eigenvalue weighted by atomic mass is 10.1. The molecule has 1 saturated heterocycles. The second kappa shape index (κ2) is 6.07. The summed E-state index contributed by atoms with van der Waals surface area (Å²) in [6.07, 6.45) is 1.11. The van der Waals surface area contributed by atoms with E-state index >= 15 is 0 Å². The number of morpholine rings is 1. The van der Waals surface area contributed by atoms with Crippen LogP contribution in [0.1, 0.15) is 18.9 Å². The van der Waals surface area contributed by atoms with Crippen molar-refractivity contribution in [2.24, 2.45) is 0 Å². The smallest absolute Gasteiger partial charge is 0.121 e. The molecule has 2 rings (SSSR count). The Morgan fingerprint density at radius 2 is 2.28 bits per heavy atom. The third-order valence-electron chi connectivity index (χ3n) is 3.43. The van der Waals surface area contributed by atoms with E-state index in [4.69, 9.17) is 15.2 Å². The topological polar surface area (TPSA) is 47.7 Å². The van der Waals surface area contributed by atoms with Crippen molar-refractivity contribution in [2.75, 3.05) is 32.6 Å². The van der Waals surface area contributed by atoms with Crippen LogP contribution >= 0.6 is 0 Å². The number of anilines is 1. The molecule has 0 radical (unpaired) electrons. The summed E-state index contributed by atoms with van der Waals surface area (Å²) in [5.41, 5.74) is 7.84. The predicted octanol–water partition coefficient (Wildman–Crippen LogP) is 1.89. The van der Waals surface area contributed by atoms with Crippen LogP contribution in [0.2, 0.25) is 0 Å². The first-order valence-electron chi connectivity index (χ1n) is 6.48. The number of nitrogens with two attached hydrogens (primary N) is 1. The van der Waals surface area contributed by atoms with E-state index in [1.165, 1.54) is 5.56 Å². The number of ether oxygens (including phenoxy) is 2. The maximum absolute atomic E-state index is 5.88. The van der Waals surface area contributed by atoms with Gasteiger partial charge in [0.2, 0.25) is 0 Å². The van der Waals surface area contributed by atoms with Crippen molar-refractivity contribution in [1.82, 2.24) is 4.90 Å². The minimum Gasteiger partial charge on any atom is -0.497 e. The van der Waals surface area contributed by atoms with Crippen molar-refractivity contribution < 1.29 is 9.47 Å². The van der Waals surface area contributed by atoms with Crippen LogP contribution in [0.5, 0.6) is 5.75 Å². The van der Waals surface area contributed by atoms with Crippen LogP contribution in [0.25, 0.3) is 0 Å². The molecule has 1 aliphatic rings. The van der Waals surface area contributed by atoms with Gasteiger partial charge in [0.1, 0.15) is 5.75 Å². The highest BCUT2D eigenvalue weighted by molar-refractivity contribution is 5.47. The lowest BCUT2D eigenvalue weighted by Crippen LogP contribution is -2.44. The number of hydrogen-bond acceptors (Lipinski definition) is 4. The summed E-state index contributed by atoms with van der Waals surface area (Å²) < 4.78 is 10.8. The SMILES string of the molecule is CCC1COCCN1Cc1cc(N)cc(OC)c1. The molecule has 1 heterocycles. The van der Waals surface area contributed by atoms with Gasteiger partial charge in [-0.1, -0.05) is 6.92 Å². The molecule has 1 atom stereocenters. The van der Waals surface area contributed by atoms with Crippen LogP contribution in [0.3, 0.4) is 0 Å². The van der Waals surface area contributed by atoms with Gasteiger partial charge in [0.25, 0.3) is 0 Å². The van der Waals surface area contributed by atoms with Crippen LogP contribution in [0.15, 0.2) is 18.2 Å². The van der Waals surface area contributed by atoms with E-state index in [2.05, 4.69) is 17.9 Å². The molecule has 0 spiro atoms. The van der Waals surface area contributed by atoms with Gasteiger partial charge in [-0.2, -0.15) is 0 Å². The van der Waals surface area contributed by atoms with Gasteiger partial charge in [0, 0.05) is 30.9 Å². The normalized spacial score (nSPS) is 20.9. The summed E-state index contributed by atoms with van der Waals surface area (Å²) >= 11 is 0. The van der Waals surface area contributed by atoms with Gasteiger partial charge in [-0.05, 0) is 24.1 Å². The molecule has 1 aliphatic heterocycles. The van der Waals surface area contributed by atoms with E-state index in [0.717, 1.165) is 44.2 Å². The van der Waals surface area contributed by atoms with Crippen molar-refractivity contribution in [3.05, 3.63) is 23.8 Å². The molecule has 0 amide bonds. The van der Waals surface area contributed by atoms with Crippen molar-refractivity contribution in [1.29, 1.82) is 0 Å². The van der Waals surface area contributed by atoms with Gasteiger partial charge in [-0.3, -0.25) is 4.90 Å². The Kier molecular flexibility index (Phi) is 4.44. The first-order valence-corrected chi connectivity index (χ1v) is 6.48. The first-order chi connectivity index (χ1) is 8.72. The van der Waals surface area contributed by atoms with E-state index in [0.29, 0.717) is 6.04 Å². The fourth-order valence-corrected chi connectivity index (χ4v) is 2.40. The Morgan fingerprint density at radius 1 is 1.44 bits per heavy atom. The molecule has 18 heavy (non-hydrogen) atoms. The van der Waals surface area contributed by atoms with Crippen LogP contribution in [-0.2, 0) is 11.3 Å². The lowest BCUT2D eigenvalue weighted by Gasteiger charge is -2.35. The molecule has 1 aromatic rings. The predicted molar refractivity (Wildman–Crippen MR) is 72.7 cm³/mol. The maximum atomic E-state index is 5.88. The number of methoxy groups -OCH3 is 1. The second-order valence-corrected chi connectivity index (χ2v) is 4.72. The van der Waals surface area contributed by atoms with Crippen LogP contribution < -0.4 is 10.5 Å². The third-order valence-corrected chi connectivity index (χ3v) is 3.43. The molecule has 1 aromatic carbocycles. The summed E-state index contributed by atoms with van der Waals surface area (Å²) in [5.74, 6) is 0.825. The highest BCUT2D eigenvalue weighted by Crippen LogP contribution is 2.21. The molecule has 100 valence electrons. The average molecular weight is 250 g/mol. The van der Waals surface area contributed by atoms with Crippen molar-refractivity contribution in [3.63, 3.8) is 0 Å². The highest BCUT2D eigenvalue weighted by Gasteiger charge is 2.21. The monoisotopic (exact) mass is 250 g/mol. The summed E-state index contributed by atoms with van der Waals surface area (Å²) in [4.78, 5) is 2.46. The highest BCUT2D eigenvalue weighted by atomic mass is 16.5. The summed E-state index contributed by atoms with van der Waals surface area (Å²) in [5, 5.41) is 0. The van der Waals surface area contributed by atoms with Gasteiger partial charge in [-0.15, -0.1) is 0 Å². The third kappa shape index (κ3) is 3.15. The largest absolute Gasteiger partial charge is 0.497 e. The molecule has 1 unspecified atom stereocenters. The molecule has 2 N–H and O–H groups in total. The standard InChI is InChI=1S/C14H22N2O2/c1-3-13-10-18-5-4-16(13)9-11-6-12(15)8-14(7-11)17-2/h6-8,13H,3-5,9-10,15H2,1-2H3. The lowest BCUT2D eigenvalue weighted by molar-refractivity contribution is -0.0127. The second-order valence-electron chi connectivity index (χ2n) is 4.72. The molecule has 0 aromatic heterocycles. The molecular weight excluding hydrogens is 228 g/mol. The Labute approximate surface area is 109 Å². The minimum absolute atomic E-state index is 0.506. The molecule has 0 saturated carbocycles. The van der Waals surface area contributed by atoms with Gasteiger partial charge >= 0.3 is 0 Å². The van der Waals surface area contributed by atoms with Crippen LogP contribution in [-0.4, -0.2) is 37.8 Å². The van der Waals surface area contributed by atoms with Gasteiger partial charge < -0.3 is 15.2 Å². The van der Waals surface area contributed by atoms with E-state index < -0.39 is 0 Å². The zero-order valence-electron chi connectivity index (χ0n) is 11.2. The number of nitrogens with zero attached hydrogens (tertiary/aromatic N) is 1. The zero-order chi connectivity index (χ0) is 13.0. The Morgan fingerprint density at radius 3 is 3.00 bits per heavy atom. The number of hydrogen-bond donors (Lipinski definition) is 1. The van der Waals surface area contributed by atoms with Crippen molar-refractivity contribution in [3.8, 4) is 5.75 Å². The summed E-state index contributed by atoms with van der Waals surface area (Å²) in [6, 6.07) is 6.43. The summed E-state index contributed by atoms with van der Waals surface area (Å²) in [7, 11) is 1.67. The van der Waals surface area contributed by atoms with E-state index in [9.17, 15) is 0 Å².